The van der Waals surface area contributed by atoms with Crippen LogP contribution in [0.1, 0.15) is 30.6 Å². The van der Waals surface area contributed by atoms with Crippen molar-refractivity contribution in [3.8, 4) is 0 Å². The summed E-state index contributed by atoms with van der Waals surface area (Å²) < 4.78 is 5.04. The van der Waals surface area contributed by atoms with E-state index >= 15 is 0 Å². The number of aromatic nitrogens is 1. The predicted octanol–water partition coefficient (Wildman–Crippen LogP) is 2.31. The fraction of sp³-hybridized carbons (Fsp3) is 0.400. The highest BCUT2D eigenvalue weighted by Gasteiger charge is 2.25. The summed E-state index contributed by atoms with van der Waals surface area (Å²) in [4.78, 5) is 15.1. The number of para-hydroxylation sites is 1. The molecule has 0 amide bonds. The average Bonchev–Trinajstić information content (AvgIpc) is 2.79. The summed E-state index contributed by atoms with van der Waals surface area (Å²) in [6, 6.07) is 8.33. The summed E-state index contributed by atoms with van der Waals surface area (Å²) in [5.74, 6) is -0.147. The van der Waals surface area contributed by atoms with Gasteiger partial charge in [0.2, 0.25) is 0 Å². The van der Waals surface area contributed by atoms with Gasteiger partial charge in [0.1, 0.15) is 0 Å². The molecule has 1 aromatic heterocycles. The molecule has 2 aromatic rings. The van der Waals surface area contributed by atoms with E-state index in [1.54, 1.807) is 0 Å². The van der Waals surface area contributed by atoms with Gasteiger partial charge < -0.3 is 15.0 Å². The predicted molar refractivity (Wildman–Crippen MR) is 74.0 cm³/mol. The fourth-order valence-electron chi connectivity index (χ4n) is 2.82. The smallest absolute Gasteiger partial charge is 0.307 e. The van der Waals surface area contributed by atoms with E-state index in [1.165, 1.54) is 10.9 Å². The van der Waals surface area contributed by atoms with E-state index in [0.29, 0.717) is 13.0 Å². The number of aromatic amines is 1. The molecular formula is C15H18N2O2. The zero-order valence-electron chi connectivity index (χ0n) is 11.0. The number of fused-ring (bicyclic) bond motifs is 3. The van der Waals surface area contributed by atoms with E-state index in [1.807, 2.05) is 13.0 Å². The summed E-state index contributed by atoms with van der Waals surface area (Å²) in [5, 5.41) is 4.66. The van der Waals surface area contributed by atoms with Gasteiger partial charge in [-0.3, -0.25) is 4.79 Å². The lowest BCUT2D eigenvalue weighted by atomic mass is 9.97. The van der Waals surface area contributed by atoms with E-state index in [4.69, 9.17) is 4.74 Å². The van der Waals surface area contributed by atoms with E-state index in [2.05, 4.69) is 28.5 Å². The van der Waals surface area contributed by atoms with E-state index < -0.39 is 0 Å². The third-order valence-corrected chi connectivity index (χ3v) is 3.64. The van der Waals surface area contributed by atoms with E-state index in [-0.39, 0.29) is 12.0 Å². The van der Waals surface area contributed by atoms with Crippen molar-refractivity contribution in [3.05, 3.63) is 35.5 Å². The quantitative estimate of drug-likeness (QED) is 0.831. The maximum Gasteiger partial charge on any atom is 0.307 e. The first-order valence-corrected chi connectivity index (χ1v) is 6.78. The topological polar surface area (TPSA) is 54.1 Å². The van der Waals surface area contributed by atoms with Crippen molar-refractivity contribution >= 4 is 16.9 Å². The monoisotopic (exact) mass is 258 g/mol. The number of H-pyrrole nitrogens is 1. The zero-order valence-corrected chi connectivity index (χ0v) is 11.0. The van der Waals surface area contributed by atoms with Crippen molar-refractivity contribution in [2.75, 3.05) is 13.2 Å². The SMILES string of the molecule is CCOC(=O)C[C@H]1NCCc2c1[nH]c1ccccc21. The highest BCUT2D eigenvalue weighted by Crippen LogP contribution is 2.31. The summed E-state index contributed by atoms with van der Waals surface area (Å²) in [7, 11) is 0. The second kappa shape index (κ2) is 5.05. The van der Waals surface area contributed by atoms with Crippen molar-refractivity contribution in [2.45, 2.75) is 25.8 Å². The van der Waals surface area contributed by atoms with Gasteiger partial charge in [-0.05, 0) is 31.5 Å². The van der Waals surface area contributed by atoms with Gasteiger partial charge in [-0.1, -0.05) is 18.2 Å². The van der Waals surface area contributed by atoms with Gasteiger partial charge in [-0.25, -0.2) is 0 Å². The van der Waals surface area contributed by atoms with Gasteiger partial charge in [0.15, 0.2) is 0 Å². The van der Waals surface area contributed by atoms with Gasteiger partial charge in [0, 0.05) is 16.6 Å². The molecule has 0 saturated carbocycles. The van der Waals surface area contributed by atoms with Gasteiger partial charge in [-0.2, -0.15) is 0 Å². The number of ether oxygens (including phenoxy) is 1. The molecule has 0 fully saturated rings. The molecule has 0 unspecified atom stereocenters. The molecule has 1 aliphatic heterocycles. The molecule has 1 atom stereocenters. The lowest BCUT2D eigenvalue weighted by Crippen LogP contribution is -2.31. The number of esters is 1. The standard InChI is InChI=1S/C15H18N2O2/c1-2-19-14(18)9-13-15-11(7-8-16-13)10-5-3-4-6-12(10)17-15/h3-6,13,16-17H,2,7-9H2,1H3/t13-/m1/s1. The third-order valence-electron chi connectivity index (χ3n) is 3.64. The van der Waals surface area contributed by atoms with Crippen molar-refractivity contribution in [1.29, 1.82) is 0 Å². The number of benzene rings is 1. The second-order valence-electron chi connectivity index (χ2n) is 4.83. The number of carbonyl (C=O) groups is 1. The van der Waals surface area contributed by atoms with Crippen LogP contribution < -0.4 is 5.32 Å². The Morgan fingerprint density at radius 3 is 3.11 bits per heavy atom. The van der Waals surface area contributed by atoms with Gasteiger partial charge in [-0.15, -0.1) is 0 Å². The van der Waals surface area contributed by atoms with Gasteiger partial charge in [0.05, 0.1) is 19.1 Å². The van der Waals surface area contributed by atoms with Crippen molar-refractivity contribution in [2.24, 2.45) is 0 Å². The number of nitrogens with one attached hydrogen (secondary N) is 2. The minimum Gasteiger partial charge on any atom is -0.466 e. The first-order valence-electron chi connectivity index (χ1n) is 6.78. The maximum atomic E-state index is 11.7. The fourth-order valence-corrected chi connectivity index (χ4v) is 2.82. The Balaban J connectivity index is 1.93. The Hall–Kier alpha value is -1.81. The van der Waals surface area contributed by atoms with Crippen LogP contribution in [0.25, 0.3) is 10.9 Å². The lowest BCUT2D eigenvalue weighted by molar-refractivity contribution is -0.143. The van der Waals surface area contributed by atoms with Crippen LogP contribution in [0, 0.1) is 0 Å². The van der Waals surface area contributed by atoms with Crippen LogP contribution in [0.5, 0.6) is 0 Å². The van der Waals surface area contributed by atoms with Crippen molar-refractivity contribution in [1.82, 2.24) is 10.3 Å². The van der Waals surface area contributed by atoms with Crippen LogP contribution in [0.2, 0.25) is 0 Å². The summed E-state index contributed by atoms with van der Waals surface area (Å²) >= 11 is 0. The maximum absolute atomic E-state index is 11.7. The van der Waals surface area contributed by atoms with Crippen LogP contribution in [0.15, 0.2) is 24.3 Å². The number of carbonyl (C=O) groups excluding carboxylic acids is 1. The zero-order chi connectivity index (χ0) is 13.2. The molecule has 1 aromatic carbocycles. The Kier molecular flexibility index (Phi) is 3.25. The van der Waals surface area contributed by atoms with Crippen molar-refractivity contribution < 1.29 is 9.53 Å². The first kappa shape index (κ1) is 12.2. The third kappa shape index (κ3) is 2.24. The van der Waals surface area contributed by atoms with Gasteiger partial charge in [0.25, 0.3) is 0 Å². The normalized spacial score (nSPS) is 18.3. The van der Waals surface area contributed by atoms with Gasteiger partial charge >= 0.3 is 5.97 Å². The Morgan fingerprint density at radius 1 is 1.42 bits per heavy atom. The van der Waals surface area contributed by atoms with Crippen LogP contribution in [-0.2, 0) is 16.0 Å². The molecule has 0 spiro atoms. The van der Waals surface area contributed by atoms with Crippen LogP contribution >= 0.6 is 0 Å². The highest BCUT2D eigenvalue weighted by molar-refractivity contribution is 5.85. The molecule has 4 heteroatoms. The molecule has 2 N–H and O–H groups in total. The minimum atomic E-state index is -0.147. The Morgan fingerprint density at radius 2 is 2.26 bits per heavy atom. The average molecular weight is 258 g/mol. The van der Waals surface area contributed by atoms with Crippen molar-refractivity contribution in [3.63, 3.8) is 0 Å². The summed E-state index contributed by atoms with van der Waals surface area (Å²) in [6.45, 7) is 3.17. The molecule has 1 aliphatic rings. The minimum absolute atomic E-state index is 0.0372. The summed E-state index contributed by atoms with van der Waals surface area (Å²) in [6.07, 6.45) is 1.38. The lowest BCUT2D eigenvalue weighted by Gasteiger charge is -2.23. The molecule has 100 valence electrons. The molecule has 4 nitrogen and oxygen atoms in total. The molecule has 0 saturated heterocycles. The number of hydrogen-bond donors (Lipinski definition) is 2. The Labute approximate surface area is 112 Å². The second-order valence-corrected chi connectivity index (χ2v) is 4.83. The molecular weight excluding hydrogens is 240 g/mol. The molecule has 3 rings (SSSR count). The highest BCUT2D eigenvalue weighted by atomic mass is 16.5. The molecule has 0 aliphatic carbocycles. The number of rotatable bonds is 3. The van der Waals surface area contributed by atoms with E-state index in [9.17, 15) is 4.79 Å². The molecule has 0 radical (unpaired) electrons. The van der Waals surface area contributed by atoms with Crippen LogP contribution in [0.4, 0.5) is 0 Å². The molecule has 19 heavy (non-hydrogen) atoms. The van der Waals surface area contributed by atoms with Crippen LogP contribution in [-0.4, -0.2) is 24.1 Å². The van der Waals surface area contributed by atoms with Crippen LogP contribution in [0.3, 0.4) is 0 Å². The largest absolute Gasteiger partial charge is 0.466 e. The first-order chi connectivity index (χ1) is 9.29. The molecule has 0 bridgehead atoms. The number of hydrogen-bond acceptors (Lipinski definition) is 3. The van der Waals surface area contributed by atoms with E-state index in [0.717, 1.165) is 24.2 Å². The summed E-state index contributed by atoms with van der Waals surface area (Å²) in [5.41, 5.74) is 3.62. The molecule has 2 heterocycles. The Bertz CT molecular complexity index is 603.